The SMILES string of the molecule is CCOC(=O)CSc1nc2c(c(-c3ccc(O)cc3)c1C#N)CCCC2. The first-order valence-corrected chi connectivity index (χ1v) is 9.66. The molecule has 0 bridgehead atoms. The maximum absolute atomic E-state index is 11.7. The molecule has 1 aliphatic carbocycles. The highest BCUT2D eigenvalue weighted by molar-refractivity contribution is 7.99. The summed E-state index contributed by atoms with van der Waals surface area (Å²) in [4.78, 5) is 16.4. The van der Waals surface area contributed by atoms with Crippen LogP contribution in [0.2, 0.25) is 0 Å². The fraction of sp³-hybridized carbons (Fsp3) is 0.350. The predicted octanol–water partition coefficient (Wildman–Crippen LogP) is 3.86. The van der Waals surface area contributed by atoms with Gasteiger partial charge in [-0.2, -0.15) is 5.26 Å². The Kier molecular flexibility index (Phi) is 5.79. The first kappa shape index (κ1) is 18.3. The van der Waals surface area contributed by atoms with E-state index >= 15 is 0 Å². The standard InChI is InChI=1S/C20H20N2O3S/c1-2-25-18(24)12-26-20-16(11-21)19(13-7-9-14(23)10-8-13)15-5-3-4-6-17(15)22-20/h7-10,23H,2-6,12H2,1H3. The number of aromatic nitrogens is 1. The Morgan fingerprint density at radius 1 is 1.31 bits per heavy atom. The van der Waals surface area contributed by atoms with Crippen LogP contribution in [0.4, 0.5) is 0 Å². The summed E-state index contributed by atoms with van der Waals surface area (Å²) in [5.41, 5.74) is 4.37. The number of thioether (sulfide) groups is 1. The molecule has 5 nitrogen and oxygen atoms in total. The summed E-state index contributed by atoms with van der Waals surface area (Å²) in [5.74, 6) is 0.00254. The van der Waals surface area contributed by atoms with Crippen LogP contribution in [-0.4, -0.2) is 28.4 Å². The summed E-state index contributed by atoms with van der Waals surface area (Å²) in [5, 5.41) is 20.0. The minimum absolute atomic E-state index is 0.128. The molecule has 1 aliphatic rings. The molecule has 6 heteroatoms. The molecule has 1 aromatic heterocycles. The lowest BCUT2D eigenvalue weighted by molar-refractivity contribution is -0.139. The average molecular weight is 368 g/mol. The van der Waals surface area contributed by atoms with Crippen molar-refractivity contribution in [3.05, 3.63) is 41.1 Å². The van der Waals surface area contributed by atoms with E-state index in [2.05, 4.69) is 6.07 Å². The number of hydrogen-bond donors (Lipinski definition) is 1. The Hall–Kier alpha value is -2.52. The summed E-state index contributed by atoms with van der Waals surface area (Å²) in [6.07, 6.45) is 3.90. The highest BCUT2D eigenvalue weighted by Crippen LogP contribution is 2.38. The van der Waals surface area contributed by atoms with Crippen molar-refractivity contribution >= 4 is 17.7 Å². The Morgan fingerprint density at radius 2 is 2.04 bits per heavy atom. The fourth-order valence-corrected chi connectivity index (χ4v) is 4.01. The van der Waals surface area contributed by atoms with Crippen LogP contribution in [-0.2, 0) is 22.4 Å². The van der Waals surface area contributed by atoms with E-state index in [0.29, 0.717) is 17.2 Å². The predicted molar refractivity (Wildman–Crippen MR) is 100 cm³/mol. The van der Waals surface area contributed by atoms with Gasteiger partial charge in [-0.15, -0.1) is 0 Å². The lowest BCUT2D eigenvalue weighted by atomic mass is 9.87. The lowest BCUT2D eigenvalue weighted by Gasteiger charge is -2.22. The second-order valence-corrected chi connectivity index (χ2v) is 7.02. The van der Waals surface area contributed by atoms with Crippen molar-refractivity contribution in [2.45, 2.75) is 37.6 Å². The van der Waals surface area contributed by atoms with Crippen molar-refractivity contribution in [3.8, 4) is 22.9 Å². The Labute approximate surface area is 157 Å². The zero-order valence-electron chi connectivity index (χ0n) is 14.6. The molecule has 0 atom stereocenters. The number of nitriles is 1. The van der Waals surface area contributed by atoms with Gasteiger partial charge in [-0.05, 0) is 55.9 Å². The molecule has 3 rings (SSSR count). The second kappa shape index (κ2) is 8.24. The number of fused-ring (bicyclic) bond motifs is 1. The van der Waals surface area contributed by atoms with E-state index in [9.17, 15) is 15.2 Å². The smallest absolute Gasteiger partial charge is 0.316 e. The molecule has 0 radical (unpaired) electrons. The highest BCUT2D eigenvalue weighted by Gasteiger charge is 2.23. The summed E-state index contributed by atoms with van der Waals surface area (Å²) in [6, 6.07) is 9.17. The monoisotopic (exact) mass is 368 g/mol. The number of hydrogen-bond acceptors (Lipinski definition) is 6. The largest absolute Gasteiger partial charge is 0.508 e. The maximum atomic E-state index is 11.7. The second-order valence-electron chi connectivity index (χ2n) is 6.05. The molecule has 0 saturated carbocycles. The van der Waals surface area contributed by atoms with Gasteiger partial charge in [-0.25, -0.2) is 4.98 Å². The van der Waals surface area contributed by atoms with Gasteiger partial charge in [-0.3, -0.25) is 4.79 Å². The maximum Gasteiger partial charge on any atom is 0.316 e. The quantitative estimate of drug-likeness (QED) is 0.637. The molecule has 1 heterocycles. The van der Waals surface area contributed by atoms with Gasteiger partial charge in [0, 0.05) is 11.3 Å². The molecule has 1 N–H and O–H groups in total. The van der Waals surface area contributed by atoms with Crippen LogP contribution in [0.3, 0.4) is 0 Å². The molecule has 0 unspecified atom stereocenters. The molecule has 0 fully saturated rings. The summed E-state index contributed by atoms with van der Waals surface area (Å²) < 4.78 is 4.98. The molecular weight excluding hydrogens is 348 g/mol. The molecule has 26 heavy (non-hydrogen) atoms. The number of carbonyl (C=O) groups is 1. The van der Waals surface area contributed by atoms with Crippen LogP contribution in [0, 0.1) is 11.3 Å². The van der Waals surface area contributed by atoms with Crippen LogP contribution >= 0.6 is 11.8 Å². The third-order valence-corrected chi connectivity index (χ3v) is 5.29. The number of carbonyl (C=O) groups excluding carboxylic acids is 1. The van der Waals surface area contributed by atoms with E-state index < -0.39 is 0 Å². The minimum Gasteiger partial charge on any atom is -0.508 e. The van der Waals surface area contributed by atoms with Gasteiger partial charge in [0.25, 0.3) is 0 Å². The van der Waals surface area contributed by atoms with E-state index in [4.69, 9.17) is 9.72 Å². The van der Waals surface area contributed by atoms with Gasteiger partial charge >= 0.3 is 5.97 Å². The number of esters is 1. The third-order valence-electron chi connectivity index (χ3n) is 4.34. The van der Waals surface area contributed by atoms with Crippen LogP contribution in [0.15, 0.2) is 29.3 Å². The van der Waals surface area contributed by atoms with Crippen molar-refractivity contribution < 1.29 is 14.6 Å². The topological polar surface area (TPSA) is 83.2 Å². The van der Waals surface area contributed by atoms with Gasteiger partial charge in [0.2, 0.25) is 0 Å². The van der Waals surface area contributed by atoms with Gasteiger partial charge in [0.1, 0.15) is 16.8 Å². The number of nitrogens with zero attached hydrogens (tertiary/aromatic N) is 2. The van der Waals surface area contributed by atoms with Crippen molar-refractivity contribution in [2.24, 2.45) is 0 Å². The Bertz CT molecular complexity index is 857. The molecule has 134 valence electrons. The molecule has 0 amide bonds. The van der Waals surface area contributed by atoms with E-state index in [1.165, 1.54) is 11.8 Å². The van der Waals surface area contributed by atoms with Gasteiger partial charge in [0.15, 0.2) is 0 Å². The zero-order valence-corrected chi connectivity index (χ0v) is 15.4. The van der Waals surface area contributed by atoms with Crippen LogP contribution in [0.1, 0.15) is 36.6 Å². The van der Waals surface area contributed by atoms with E-state index in [0.717, 1.165) is 48.1 Å². The molecular formula is C20H20N2O3S. The molecule has 2 aromatic rings. The van der Waals surface area contributed by atoms with Gasteiger partial charge < -0.3 is 9.84 Å². The average Bonchev–Trinajstić information content (AvgIpc) is 2.66. The molecule has 0 aliphatic heterocycles. The number of aromatic hydroxyl groups is 1. The summed E-state index contributed by atoms with van der Waals surface area (Å²) in [6.45, 7) is 2.10. The van der Waals surface area contributed by atoms with Crippen LogP contribution < -0.4 is 0 Å². The number of ether oxygens (including phenoxy) is 1. The molecule has 1 aromatic carbocycles. The number of aryl methyl sites for hydroxylation is 1. The Balaban J connectivity index is 2.08. The van der Waals surface area contributed by atoms with E-state index in [1.807, 2.05) is 12.1 Å². The normalized spacial score (nSPS) is 12.9. The summed E-state index contributed by atoms with van der Waals surface area (Å²) in [7, 11) is 0. The lowest BCUT2D eigenvalue weighted by Crippen LogP contribution is -2.12. The van der Waals surface area contributed by atoms with Gasteiger partial charge in [0.05, 0.1) is 17.9 Å². The van der Waals surface area contributed by atoms with Crippen LogP contribution in [0.5, 0.6) is 5.75 Å². The molecule has 0 saturated heterocycles. The number of phenolic OH excluding ortho intramolecular Hbond substituents is 1. The zero-order chi connectivity index (χ0) is 18.5. The van der Waals surface area contributed by atoms with Crippen molar-refractivity contribution in [2.75, 3.05) is 12.4 Å². The van der Waals surface area contributed by atoms with Crippen molar-refractivity contribution in [1.29, 1.82) is 5.26 Å². The van der Waals surface area contributed by atoms with Crippen molar-refractivity contribution in [1.82, 2.24) is 4.98 Å². The number of pyridine rings is 1. The number of phenols is 1. The van der Waals surface area contributed by atoms with E-state index in [-0.39, 0.29) is 17.5 Å². The first-order valence-electron chi connectivity index (χ1n) is 8.67. The minimum atomic E-state index is -0.313. The Morgan fingerprint density at radius 3 is 2.73 bits per heavy atom. The van der Waals surface area contributed by atoms with Crippen molar-refractivity contribution in [3.63, 3.8) is 0 Å². The number of benzene rings is 1. The first-order chi connectivity index (χ1) is 12.6. The third kappa shape index (κ3) is 3.83. The fourth-order valence-electron chi connectivity index (χ4n) is 3.20. The summed E-state index contributed by atoms with van der Waals surface area (Å²) >= 11 is 1.25. The van der Waals surface area contributed by atoms with Crippen LogP contribution in [0.25, 0.3) is 11.1 Å². The highest BCUT2D eigenvalue weighted by atomic mass is 32.2. The molecule has 0 spiro atoms. The van der Waals surface area contributed by atoms with E-state index in [1.54, 1.807) is 19.1 Å². The number of rotatable bonds is 5. The van der Waals surface area contributed by atoms with Gasteiger partial charge in [-0.1, -0.05) is 23.9 Å².